The number of hydrogen-bond acceptors (Lipinski definition) is 5. The van der Waals surface area contributed by atoms with Crippen molar-refractivity contribution >= 4 is 40.9 Å². The van der Waals surface area contributed by atoms with E-state index in [0.717, 1.165) is 37.1 Å². The summed E-state index contributed by atoms with van der Waals surface area (Å²) in [5, 5.41) is 2.92. The van der Waals surface area contributed by atoms with Gasteiger partial charge in [-0.25, -0.2) is 5.84 Å². The number of hydrazine groups is 1. The molecule has 30 heavy (non-hydrogen) atoms. The number of benzene rings is 2. The SMILES string of the molecule is Br.CCc1ccc(/C=C/C(=O)/C=C/c2ccc(CC)cc2)cc1.NNC1=NCCN1. The van der Waals surface area contributed by atoms with Crippen molar-refractivity contribution in [3.8, 4) is 0 Å². The van der Waals surface area contributed by atoms with Gasteiger partial charge < -0.3 is 5.32 Å². The lowest BCUT2D eigenvalue weighted by atomic mass is 10.1. The average Bonchev–Trinajstić information content (AvgIpc) is 3.31. The van der Waals surface area contributed by atoms with Gasteiger partial charge in [0.2, 0.25) is 5.96 Å². The molecule has 0 radical (unpaired) electrons. The van der Waals surface area contributed by atoms with E-state index in [-0.39, 0.29) is 22.8 Å². The van der Waals surface area contributed by atoms with E-state index in [1.54, 1.807) is 12.2 Å². The highest BCUT2D eigenvalue weighted by molar-refractivity contribution is 8.93. The molecule has 0 spiro atoms. The second-order valence-electron chi connectivity index (χ2n) is 6.56. The summed E-state index contributed by atoms with van der Waals surface area (Å²) in [7, 11) is 0. The number of nitrogens with one attached hydrogen (secondary N) is 2. The molecule has 0 unspecified atom stereocenters. The number of nitrogens with two attached hydrogens (primary N) is 1. The summed E-state index contributed by atoms with van der Waals surface area (Å²) in [6.45, 7) is 6.00. The van der Waals surface area contributed by atoms with Gasteiger partial charge in [0, 0.05) is 6.54 Å². The van der Waals surface area contributed by atoms with Crippen LogP contribution in [0, 0.1) is 0 Å². The Morgan fingerprint density at radius 3 is 1.73 bits per heavy atom. The van der Waals surface area contributed by atoms with Gasteiger partial charge >= 0.3 is 0 Å². The van der Waals surface area contributed by atoms with Gasteiger partial charge in [-0.1, -0.05) is 74.5 Å². The quantitative estimate of drug-likeness (QED) is 0.337. The smallest absolute Gasteiger partial charge is 0.205 e. The Bertz CT molecular complexity index is 796. The lowest BCUT2D eigenvalue weighted by molar-refractivity contribution is -0.110. The van der Waals surface area contributed by atoms with E-state index in [1.807, 2.05) is 36.4 Å². The summed E-state index contributed by atoms with van der Waals surface area (Å²) in [5.41, 5.74) is 7.11. The zero-order chi connectivity index (χ0) is 20.9. The van der Waals surface area contributed by atoms with Gasteiger partial charge in [0.15, 0.2) is 5.78 Å². The fraction of sp³-hybridized carbons (Fsp3) is 0.250. The fourth-order valence-corrected chi connectivity index (χ4v) is 2.64. The number of ketones is 1. The molecule has 0 bridgehead atoms. The maximum absolute atomic E-state index is 11.9. The first-order chi connectivity index (χ1) is 14.1. The first kappa shape index (κ1) is 25.3. The number of carbonyl (C=O) groups is 1. The molecule has 4 N–H and O–H groups in total. The molecular weight excluding hydrogens is 440 g/mol. The third-order valence-electron chi connectivity index (χ3n) is 4.47. The predicted octanol–water partition coefficient (Wildman–Crippen LogP) is 4.09. The number of allylic oxidation sites excluding steroid dienone is 2. The second-order valence-corrected chi connectivity index (χ2v) is 6.56. The second kappa shape index (κ2) is 14.3. The topological polar surface area (TPSA) is 79.5 Å². The molecular formula is C24H31BrN4O. The van der Waals surface area contributed by atoms with Crippen molar-refractivity contribution in [3.63, 3.8) is 0 Å². The zero-order valence-corrected chi connectivity index (χ0v) is 19.3. The Balaban J connectivity index is 0.000000477. The first-order valence-corrected chi connectivity index (χ1v) is 9.97. The molecule has 160 valence electrons. The molecule has 6 heteroatoms. The molecule has 1 aliphatic heterocycles. The Morgan fingerprint density at radius 1 is 0.967 bits per heavy atom. The number of aryl methyl sites for hydroxylation is 2. The van der Waals surface area contributed by atoms with Gasteiger partial charge in [0.1, 0.15) is 0 Å². The van der Waals surface area contributed by atoms with E-state index in [2.05, 4.69) is 53.8 Å². The molecule has 2 aromatic rings. The Kier molecular flexibility index (Phi) is 12.1. The van der Waals surface area contributed by atoms with Crippen LogP contribution in [0.2, 0.25) is 0 Å². The summed E-state index contributed by atoms with van der Waals surface area (Å²) in [6, 6.07) is 16.5. The predicted molar refractivity (Wildman–Crippen MR) is 133 cm³/mol. The van der Waals surface area contributed by atoms with E-state index in [0.29, 0.717) is 5.96 Å². The zero-order valence-electron chi connectivity index (χ0n) is 17.6. The van der Waals surface area contributed by atoms with E-state index < -0.39 is 0 Å². The molecule has 0 aliphatic carbocycles. The molecule has 0 atom stereocenters. The first-order valence-electron chi connectivity index (χ1n) is 9.97. The summed E-state index contributed by atoms with van der Waals surface area (Å²) < 4.78 is 0. The van der Waals surface area contributed by atoms with Crippen LogP contribution in [0.25, 0.3) is 12.2 Å². The van der Waals surface area contributed by atoms with Crippen molar-refractivity contribution in [3.05, 3.63) is 82.9 Å². The number of hydrogen-bond donors (Lipinski definition) is 3. The van der Waals surface area contributed by atoms with Gasteiger partial charge in [-0.15, -0.1) is 17.0 Å². The minimum atomic E-state index is -0.000800. The molecule has 1 heterocycles. The highest BCUT2D eigenvalue weighted by atomic mass is 79.9. The van der Waals surface area contributed by atoms with Crippen LogP contribution < -0.4 is 16.6 Å². The standard InChI is InChI=1S/C21H22O.C3H8N4.BrH/c1-3-17-5-9-19(10-6-17)13-15-21(22)16-14-20-11-7-18(4-2)8-12-20;4-7-3-5-1-2-6-3;/h5-16H,3-4H2,1-2H3;1-2,4H2,(H2,5,6,7);1H/b15-13+,16-14+;;. The summed E-state index contributed by atoms with van der Waals surface area (Å²) >= 11 is 0. The van der Waals surface area contributed by atoms with Crippen LogP contribution in [0.4, 0.5) is 0 Å². The molecule has 0 saturated carbocycles. The van der Waals surface area contributed by atoms with Crippen molar-refractivity contribution < 1.29 is 4.79 Å². The van der Waals surface area contributed by atoms with Crippen LogP contribution in [0.1, 0.15) is 36.1 Å². The highest BCUT2D eigenvalue weighted by Gasteiger charge is 1.98. The number of nitrogens with zero attached hydrogens (tertiary/aromatic N) is 1. The molecule has 2 aromatic carbocycles. The molecule has 3 rings (SSSR count). The Labute approximate surface area is 189 Å². The van der Waals surface area contributed by atoms with Crippen molar-refractivity contribution in [1.82, 2.24) is 10.7 Å². The van der Waals surface area contributed by atoms with Crippen LogP contribution in [0.3, 0.4) is 0 Å². The largest absolute Gasteiger partial charge is 0.353 e. The summed E-state index contributed by atoms with van der Waals surface area (Å²) in [5.74, 6) is 5.68. The molecule has 0 saturated heterocycles. The maximum atomic E-state index is 11.9. The molecule has 0 aromatic heterocycles. The van der Waals surface area contributed by atoms with E-state index in [1.165, 1.54) is 11.1 Å². The maximum Gasteiger partial charge on any atom is 0.205 e. The van der Waals surface area contributed by atoms with Gasteiger partial charge in [-0.05, 0) is 47.2 Å². The number of aliphatic imine (C=N–C) groups is 1. The van der Waals surface area contributed by atoms with Crippen LogP contribution in [0.5, 0.6) is 0 Å². The minimum absolute atomic E-state index is 0. The summed E-state index contributed by atoms with van der Waals surface area (Å²) in [4.78, 5) is 15.8. The molecule has 5 nitrogen and oxygen atoms in total. The van der Waals surface area contributed by atoms with E-state index >= 15 is 0 Å². The minimum Gasteiger partial charge on any atom is -0.353 e. The lowest BCUT2D eigenvalue weighted by Crippen LogP contribution is -2.38. The third kappa shape index (κ3) is 9.20. The lowest BCUT2D eigenvalue weighted by Gasteiger charge is -1.97. The van der Waals surface area contributed by atoms with Crippen molar-refractivity contribution in [2.45, 2.75) is 26.7 Å². The molecule has 1 aliphatic rings. The van der Waals surface area contributed by atoms with Crippen LogP contribution >= 0.6 is 17.0 Å². The molecule has 0 fully saturated rings. The average molecular weight is 471 g/mol. The van der Waals surface area contributed by atoms with Gasteiger partial charge in [-0.3, -0.25) is 15.2 Å². The van der Waals surface area contributed by atoms with Crippen LogP contribution in [-0.2, 0) is 17.6 Å². The number of rotatable bonds is 6. The normalized spacial score (nSPS) is 12.6. The van der Waals surface area contributed by atoms with Gasteiger partial charge in [-0.2, -0.15) is 0 Å². The molecule has 0 amide bonds. The Hall–Kier alpha value is -2.70. The third-order valence-corrected chi connectivity index (χ3v) is 4.47. The van der Waals surface area contributed by atoms with Crippen LogP contribution in [-0.4, -0.2) is 24.8 Å². The van der Waals surface area contributed by atoms with Crippen molar-refractivity contribution in [1.29, 1.82) is 0 Å². The van der Waals surface area contributed by atoms with Crippen LogP contribution in [0.15, 0.2) is 65.7 Å². The van der Waals surface area contributed by atoms with Gasteiger partial charge in [0.25, 0.3) is 0 Å². The summed E-state index contributed by atoms with van der Waals surface area (Å²) in [6.07, 6.45) is 8.99. The number of carbonyl (C=O) groups excluding carboxylic acids is 1. The Morgan fingerprint density at radius 2 is 1.43 bits per heavy atom. The van der Waals surface area contributed by atoms with E-state index in [9.17, 15) is 4.79 Å². The van der Waals surface area contributed by atoms with Crippen molar-refractivity contribution in [2.24, 2.45) is 10.8 Å². The fourth-order valence-electron chi connectivity index (χ4n) is 2.64. The monoisotopic (exact) mass is 470 g/mol. The van der Waals surface area contributed by atoms with E-state index in [4.69, 9.17) is 5.84 Å². The van der Waals surface area contributed by atoms with Gasteiger partial charge in [0.05, 0.1) is 6.54 Å². The highest BCUT2D eigenvalue weighted by Crippen LogP contribution is 2.08. The number of guanidine groups is 1. The van der Waals surface area contributed by atoms with Crippen molar-refractivity contribution in [2.75, 3.05) is 13.1 Å². The number of halogens is 1.